The summed E-state index contributed by atoms with van der Waals surface area (Å²) in [5, 5.41) is 5.16. The third-order valence-electron chi connectivity index (χ3n) is 2.31. The van der Waals surface area contributed by atoms with Crippen LogP contribution in [-0.4, -0.2) is 37.1 Å². The van der Waals surface area contributed by atoms with E-state index in [1.165, 1.54) is 18.4 Å². The molecular weight excluding hydrogens is 254 g/mol. The monoisotopic (exact) mass is 271 g/mol. The lowest BCUT2D eigenvalue weighted by Crippen LogP contribution is -2.32. The average Bonchev–Trinajstić information content (AvgIpc) is 2.83. The molecule has 0 saturated heterocycles. The molecule has 1 aromatic rings. The summed E-state index contributed by atoms with van der Waals surface area (Å²) in [5.41, 5.74) is 5.77. The van der Waals surface area contributed by atoms with Crippen LogP contribution in [0.4, 0.5) is 0 Å². The van der Waals surface area contributed by atoms with Crippen LogP contribution in [0.1, 0.15) is 22.4 Å². The van der Waals surface area contributed by atoms with Crippen LogP contribution < -0.4 is 11.1 Å². The molecule has 0 fully saturated rings. The molecule has 0 aliphatic carbocycles. The molecule has 6 nitrogen and oxygen atoms in total. The van der Waals surface area contributed by atoms with Crippen molar-refractivity contribution in [3.63, 3.8) is 0 Å². The summed E-state index contributed by atoms with van der Waals surface area (Å²) in [6, 6.07) is 0. The maximum Gasteiger partial charge on any atom is 0.310 e. The van der Waals surface area contributed by atoms with Crippen molar-refractivity contribution < 1.29 is 14.3 Å². The number of carbonyl (C=O) groups excluding carboxylic acids is 2. The van der Waals surface area contributed by atoms with Crippen molar-refractivity contribution in [3.05, 3.63) is 16.1 Å². The van der Waals surface area contributed by atoms with E-state index in [9.17, 15) is 9.59 Å². The van der Waals surface area contributed by atoms with Crippen LogP contribution in [0.25, 0.3) is 0 Å². The smallest absolute Gasteiger partial charge is 0.310 e. The Balaban J connectivity index is 2.47. The van der Waals surface area contributed by atoms with Crippen LogP contribution in [-0.2, 0) is 16.0 Å². The summed E-state index contributed by atoms with van der Waals surface area (Å²) in [7, 11) is 1.32. The molecule has 7 heteroatoms. The summed E-state index contributed by atoms with van der Waals surface area (Å²) in [5.74, 6) is -1.01. The first kappa shape index (κ1) is 14.6. The van der Waals surface area contributed by atoms with Crippen LogP contribution in [0, 0.1) is 5.92 Å². The van der Waals surface area contributed by atoms with Gasteiger partial charge in [0.05, 0.1) is 18.0 Å². The highest BCUT2D eigenvalue weighted by Gasteiger charge is 2.16. The topological polar surface area (TPSA) is 94.3 Å². The Labute approximate surface area is 110 Å². The van der Waals surface area contributed by atoms with Crippen molar-refractivity contribution in [3.8, 4) is 0 Å². The van der Waals surface area contributed by atoms with E-state index in [0.29, 0.717) is 18.7 Å². The predicted molar refractivity (Wildman–Crippen MR) is 68.4 cm³/mol. The number of carbonyl (C=O) groups is 2. The van der Waals surface area contributed by atoms with Gasteiger partial charge in [0, 0.05) is 18.3 Å². The third-order valence-corrected chi connectivity index (χ3v) is 3.22. The molecule has 0 bridgehead atoms. The number of amides is 1. The number of hydrogen-bond donors (Lipinski definition) is 2. The molecule has 0 spiro atoms. The summed E-state index contributed by atoms with van der Waals surface area (Å²) >= 11 is 1.40. The first-order chi connectivity index (χ1) is 8.58. The van der Waals surface area contributed by atoms with Crippen LogP contribution in [0.3, 0.4) is 0 Å². The Kier molecular flexibility index (Phi) is 5.73. The Morgan fingerprint density at radius 3 is 2.94 bits per heavy atom. The molecule has 0 saturated carbocycles. The van der Waals surface area contributed by atoms with Gasteiger partial charge in [-0.3, -0.25) is 9.59 Å². The normalized spacial score (nSPS) is 11.9. The number of esters is 1. The maximum absolute atomic E-state index is 11.7. The second kappa shape index (κ2) is 7.07. The van der Waals surface area contributed by atoms with Gasteiger partial charge in [-0.1, -0.05) is 6.92 Å². The van der Waals surface area contributed by atoms with Gasteiger partial charge >= 0.3 is 5.97 Å². The number of ether oxygens (including phenoxy) is 1. The summed E-state index contributed by atoms with van der Waals surface area (Å²) < 4.78 is 4.57. The quantitative estimate of drug-likeness (QED) is 0.720. The van der Waals surface area contributed by atoms with Crippen molar-refractivity contribution >= 4 is 23.2 Å². The van der Waals surface area contributed by atoms with E-state index in [-0.39, 0.29) is 24.3 Å². The average molecular weight is 271 g/mol. The highest BCUT2D eigenvalue weighted by atomic mass is 32.1. The van der Waals surface area contributed by atoms with E-state index in [0.717, 1.165) is 5.01 Å². The molecule has 1 atom stereocenters. The second-order valence-electron chi connectivity index (χ2n) is 3.80. The van der Waals surface area contributed by atoms with Crippen molar-refractivity contribution in [2.45, 2.75) is 13.3 Å². The number of nitrogens with zero attached hydrogens (tertiary/aromatic N) is 1. The molecule has 0 aromatic carbocycles. The van der Waals surface area contributed by atoms with Gasteiger partial charge in [0.1, 0.15) is 5.69 Å². The number of aromatic nitrogens is 1. The molecular formula is C11H17N3O3S. The third kappa shape index (κ3) is 4.08. The fraction of sp³-hybridized carbons (Fsp3) is 0.545. The van der Waals surface area contributed by atoms with Crippen LogP contribution >= 0.6 is 11.3 Å². The van der Waals surface area contributed by atoms with E-state index in [4.69, 9.17) is 5.73 Å². The van der Waals surface area contributed by atoms with Crippen molar-refractivity contribution in [2.75, 3.05) is 20.2 Å². The number of rotatable bonds is 6. The van der Waals surface area contributed by atoms with Gasteiger partial charge in [0.25, 0.3) is 5.91 Å². The molecule has 0 aliphatic heterocycles. The van der Waals surface area contributed by atoms with Crippen molar-refractivity contribution in [1.82, 2.24) is 10.3 Å². The zero-order valence-electron chi connectivity index (χ0n) is 10.4. The minimum absolute atomic E-state index is 0.231. The zero-order chi connectivity index (χ0) is 13.5. The van der Waals surface area contributed by atoms with Gasteiger partial charge in [-0.05, 0) is 6.54 Å². The van der Waals surface area contributed by atoms with Crippen LogP contribution in [0.5, 0.6) is 0 Å². The highest BCUT2D eigenvalue weighted by molar-refractivity contribution is 7.09. The molecule has 1 aromatic heterocycles. The summed E-state index contributed by atoms with van der Waals surface area (Å²) in [4.78, 5) is 27.0. The van der Waals surface area contributed by atoms with Crippen molar-refractivity contribution in [1.29, 1.82) is 0 Å². The maximum atomic E-state index is 11.7. The summed E-state index contributed by atoms with van der Waals surface area (Å²) in [6.07, 6.45) is 0.663. The van der Waals surface area contributed by atoms with E-state index in [2.05, 4.69) is 15.0 Å². The van der Waals surface area contributed by atoms with Crippen LogP contribution in [0.15, 0.2) is 5.38 Å². The minimum atomic E-state index is -0.374. The molecule has 1 amide bonds. The van der Waals surface area contributed by atoms with Gasteiger partial charge < -0.3 is 15.8 Å². The Morgan fingerprint density at radius 1 is 1.61 bits per heavy atom. The molecule has 100 valence electrons. The number of nitrogens with one attached hydrogen (secondary N) is 1. The van der Waals surface area contributed by atoms with Gasteiger partial charge in [-0.15, -0.1) is 11.3 Å². The molecule has 0 radical (unpaired) electrons. The lowest BCUT2D eigenvalue weighted by molar-refractivity contribution is -0.144. The Morgan fingerprint density at radius 2 is 2.33 bits per heavy atom. The van der Waals surface area contributed by atoms with Gasteiger partial charge in [-0.25, -0.2) is 4.98 Å². The molecule has 0 aliphatic rings. The molecule has 1 rings (SSSR count). The number of thiazole rings is 1. The van der Waals surface area contributed by atoms with E-state index in [1.807, 2.05) is 0 Å². The van der Waals surface area contributed by atoms with Crippen molar-refractivity contribution in [2.24, 2.45) is 11.7 Å². The summed E-state index contributed by atoms with van der Waals surface area (Å²) in [6.45, 7) is 2.43. The van der Waals surface area contributed by atoms with Gasteiger partial charge in [0.2, 0.25) is 0 Å². The van der Waals surface area contributed by atoms with Gasteiger partial charge in [0.15, 0.2) is 0 Å². The van der Waals surface area contributed by atoms with E-state index >= 15 is 0 Å². The van der Waals surface area contributed by atoms with E-state index in [1.54, 1.807) is 12.3 Å². The molecule has 3 N–H and O–H groups in total. The standard InChI is InChI=1S/C11H17N3O3S/c1-7(11(16)17-2)5-13-10(15)8-6-18-9(14-8)3-4-12/h6-7H,3-5,12H2,1-2H3,(H,13,15). The van der Waals surface area contributed by atoms with Gasteiger partial charge in [-0.2, -0.15) is 0 Å². The zero-order valence-corrected chi connectivity index (χ0v) is 11.3. The number of hydrogen-bond acceptors (Lipinski definition) is 6. The molecule has 18 heavy (non-hydrogen) atoms. The minimum Gasteiger partial charge on any atom is -0.469 e. The predicted octanol–water partition coefficient (Wildman–Crippen LogP) is 0.183. The Bertz CT molecular complexity index is 419. The fourth-order valence-corrected chi connectivity index (χ4v) is 2.07. The largest absolute Gasteiger partial charge is 0.469 e. The lowest BCUT2D eigenvalue weighted by Gasteiger charge is -2.09. The first-order valence-corrected chi connectivity index (χ1v) is 6.47. The number of nitrogens with two attached hydrogens (primary N) is 1. The van der Waals surface area contributed by atoms with Crippen LogP contribution in [0.2, 0.25) is 0 Å². The number of methoxy groups -OCH3 is 1. The second-order valence-corrected chi connectivity index (χ2v) is 4.74. The molecule has 1 heterocycles. The Hall–Kier alpha value is -1.47. The highest BCUT2D eigenvalue weighted by Crippen LogP contribution is 2.10. The first-order valence-electron chi connectivity index (χ1n) is 5.59. The fourth-order valence-electron chi connectivity index (χ4n) is 1.27. The SMILES string of the molecule is COC(=O)C(C)CNC(=O)c1csc(CCN)n1. The van der Waals surface area contributed by atoms with E-state index < -0.39 is 0 Å². The molecule has 1 unspecified atom stereocenters. The lowest BCUT2D eigenvalue weighted by atomic mass is 10.2.